The van der Waals surface area contributed by atoms with Crippen LogP contribution in [-0.2, 0) is 14.1 Å². The van der Waals surface area contributed by atoms with Crippen LogP contribution in [0.3, 0.4) is 0 Å². The maximum Gasteiger partial charge on any atom is 0.332 e. The number of hydrogen-bond acceptors (Lipinski definition) is 5. The molecular formula is C14H21Cl2N5O3. The van der Waals surface area contributed by atoms with Gasteiger partial charge in [-0.3, -0.25) is 18.7 Å². The van der Waals surface area contributed by atoms with Crippen LogP contribution >= 0.6 is 24.8 Å². The van der Waals surface area contributed by atoms with Crippen LogP contribution < -0.4 is 21.9 Å². The molecule has 24 heavy (non-hydrogen) atoms. The predicted molar refractivity (Wildman–Crippen MR) is 97.6 cm³/mol. The lowest BCUT2D eigenvalue weighted by atomic mass is 10.2. The van der Waals surface area contributed by atoms with E-state index in [1.54, 1.807) is 7.05 Å². The van der Waals surface area contributed by atoms with Crippen LogP contribution in [0.25, 0.3) is 11.0 Å². The van der Waals surface area contributed by atoms with Gasteiger partial charge in [-0.1, -0.05) is 0 Å². The Hall–Kier alpha value is -1.90. The Labute approximate surface area is 151 Å². The normalized spacial score (nSPS) is 11.3. The van der Waals surface area contributed by atoms with Gasteiger partial charge in [-0.05, 0) is 20.0 Å². The molecule has 0 bridgehead atoms. The fourth-order valence-corrected chi connectivity index (χ4v) is 2.04. The molecule has 2 heterocycles. The molecule has 2 rings (SSSR count). The number of fused-ring (bicyclic) bond motifs is 1. The second-order valence-corrected chi connectivity index (χ2v) is 5.20. The maximum atomic E-state index is 12.2. The molecule has 134 valence electrons. The minimum Gasteiger partial charge on any atom is -0.350 e. The number of likely N-dealkylation sites (N-methyl/N-ethyl adjacent to an activating group) is 1. The average molecular weight is 378 g/mol. The van der Waals surface area contributed by atoms with Crippen molar-refractivity contribution in [3.63, 3.8) is 0 Å². The summed E-state index contributed by atoms with van der Waals surface area (Å²) in [6.07, 6.45) is 1.36. The number of nitrogens with one attached hydrogen (secondary N) is 2. The third kappa shape index (κ3) is 4.14. The van der Waals surface area contributed by atoms with Crippen molar-refractivity contribution in [2.45, 2.75) is 13.0 Å². The van der Waals surface area contributed by atoms with E-state index in [0.717, 1.165) is 4.57 Å². The Bertz CT molecular complexity index is 847. The monoisotopic (exact) mass is 377 g/mol. The van der Waals surface area contributed by atoms with E-state index in [0.29, 0.717) is 6.54 Å². The van der Waals surface area contributed by atoms with Gasteiger partial charge in [0.2, 0.25) is 0 Å². The SMILES string of the molecule is CNC(C)CNC(=O)c1cnc2c(c1)c(=O)n(C)c(=O)n2C.Cl.Cl. The third-order valence-electron chi connectivity index (χ3n) is 3.62. The van der Waals surface area contributed by atoms with Crippen LogP contribution in [0.1, 0.15) is 17.3 Å². The number of hydrogen-bond donors (Lipinski definition) is 2. The van der Waals surface area contributed by atoms with Gasteiger partial charge in [-0.2, -0.15) is 0 Å². The average Bonchev–Trinajstić information content (AvgIpc) is 2.54. The summed E-state index contributed by atoms with van der Waals surface area (Å²) in [4.78, 5) is 40.2. The Morgan fingerprint density at radius 1 is 1.25 bits per heavy atom. The first-order valence-corrected chi connectivity index (χ1v) is 6.88. The number of carbonyl (C=O) groups excluding carboxylic acids is 1. The highest BCUT2D eigenvalue weighted by Gasteiger charge is 2.13. The number of pyridine rings is 1. The molecule has 8 nitrogen and oxygen atoms in total. The van der Waals surface area contributed by atoms with Crippen molar-refractivity contribution in [1.82, 2.24) is 24.8 Å². The van der Waals surface area contributed by atoms with Gasteiger partial charge in [0.05, 0.1) is 10.9 Å². The van der Waals surface area contributed by atoms with Crippen molar-refractivity contribution in [2.75, 3.05) is 13.6 Å². The zero-order chi connectivity index (χ0) is 16.4. The molecule has 0 spiro atoms. The fraction of sp³-hybridized carbons (Fsp3) is 0.429. The number of carbonyl (C=O) groups is 1. The van der Waals surface area contributed by atoms with Crippen molar-refractivity contribution in [2.24, 2.45) is 14.1 Å². The van der Waals surface area contributed by atoms with Crippen molar-refractivity contribution >= 4 is 41.8 Å². The van der Waals surface area contributed by atoms with Gasteiger partial charge in [0.25, 0.3) is 11.5 Å². The Balaban J connectivity index is 0.00000264. The Kier molecular flexibility index (Phi) is 8.12. The number of aromatic nitrogens is 3. The van der Waals surface area contributed by atoms with Crippen LogP contribution in [-0.4, -0.2) is 39.7 Å². The minimum atomic E-state index is -0.469. The van der Waals surface area contributed by atoms with E-state index in [4.69, 9.17) is 0 Å². The first-order chi connectivity index (χ1) is 10.4. The first kappa shape index (κ1) is 22.1. The summed E-state index contributed by atoms with van der Waals surface area (Å²) < 4.78 is 2.27. The smallest absolute Gasteiger partial charge is 0.332 e. The van der Waals surface area contributed by atoms with E-state index in [1.165, 1.54) is 30.9 Å². The fourth-order valence-electron chi connectivity index (χ4n) is 2.04. The molecule has 0 aromatic carbocycles. The summed E-state index contributed by atoms with van der Waals surface area (Å²) in [5.74, 6) is -0.313. The molecule has 0 saturated carbocycles. The topological polar surface area (TPSA) is 98.0 Å². The summed E-state index contributed by atoms with van der Waals surface area (Å²) >= 11 is 0. The molecule has 2 N–H and O–H groups in total. The van der Waals surface area contributed by atoms with Crippen LogP contribution in [0.5, 0.6) is 0 Å². The van der Waals surface area contributed by atoms with E-state index in [2.05, 4.69) is 15.6 Å². The lowest BCUT2D eigenvalue weighted by Crippen LogP contribution is -2.38. The lowest BCUT2D eigenvalue weighted by molar-refractivity contribution is 0.0950. The molecule has 0 radical (unpaired) electrons. The van der Waals surface area contributed by atoms with E-state index >= 15 is 0 Å². The van der Waals surface area contributed by atoms with Gasteiger partial charge < -0.3 is 10.6 Å². The van der Waals surface area contributed by atoms with Crippen LogP contribution in [0, 0.1) is 0 Å². The van der Waals surface area contributed by atoms with Crippen molar-refractivity contribution < 1.29 is 4.79 Å². The van der Waals surface area contributed by atoms with Crippen molar-refractivity contribution in [3.8, 4) is 0 Å². The Morgan fingerprint density at radius 3 is 2.46 bits per heavy atom. The zero-order valence-corrected chi connectivity index (χ0v) is 15.5. The standard InChI is InChI=1S/C14H19N5O3.2ClH/c1-8(15-2)6-17-12(20)9-5-10-11(16-7-9)18(3)14(22)19(4)13(10)21;;/h5,7-8,15H,6H2,1-4H3,(H,17,20);2*1H. The number of nitrogens with zero attached hydrogens (tertiary/aromatic N) is 3. The molecule has 2 aromatic rings. The molecule has 1 amide bonds. The van der Waals surface area contributed by atoms with Gasteiger partial charge >= 0.3 is 5.69 Å². The maximum absolute atomic E-state index is 12.2. The summed E-state index contributed by atoms with van der Waals surface area (Å²) in [6.45, 7) is 2.39. The molecule has 0 aliphatic heterocycles. The number of halogens is 2. The summed E-state index contributed by atoms with van der Waals surface area (Å²) in [6, 6.07) is 1.59. The predicted octanol–water partition coefficient (Wildman–Crippen LogP) is -0.186. The first-order valence-electron chi connectivity index (χ1n) is 6.88. The molecule has 0 fully saturated rings. The Morgan fingerprint density at radius 2 is 1.88 bits per heavy atom. The van der Waals surface area contributed by atoms with Gasteiger partial charge in [0, 0.05) is 32.9 Å². The number of aryl methyl sites for hydroxylation is 1. The highest BCUT2D eigenvalue weighted by molar-refractivity contribution is 5.96. The van der Waals surface area contributed by atoms with Crippen LogP contribution in [0.2, 0.25) is 0 Å². The molecule has 0 aliphatic rings. The van der Waals surface area contributed by atoms with Crippen molar-refractivity contribution in [1.29, 1.82) is 0 Å². The van der Waals surface area contributed by atoms with Crippen LogP contribution in [0.4, 0.5) is 0 Å². The van der Waals surface area contributed by atoms with E-state index in [-0.39, 0.29) is 53.4 Å². The quantitative estimate of drug-likeness (QED) is 0.769. The van der Waals surface area contributed by atoms with E-state index < -0.39 is 11.2 Å². The molecule has 2 aromatic heterocycles. The molecule has 1 atom stereocenters. The minimum absolute atomic E-state index is 0. The van der Waals surface area contributed by atoms with Crippen molar-refractivity contribution in [3.05, 3.63) is 38.7 Å². The second kappa shape index (κ2) is 8.81. The second-order valence-electron chi connectivity index (χ2n) is 5.20. The van der Waals surface area contributed by atoms with Gasteiger partial charge in [-0.25, -0.2) is 9.78 Å². The van der Waals surface area contributed by atoms with E-state index in [9.17, 15) is 14.4 Å². The zero-order valence-electron chi connectivity index (χ0n) is 13.8. The highest BCUT2D eigenvalue weighted by atomic mass is 35.5. The van der Waals surface area contributed by atoms with Gasteiger partial charge in [0.15, 0.2) is 0 Å². The summed E-state index contributed by atoms with van der Waals surface area (Å²) in [7, 11) is 4.73. The molecule has 0 aliphatic carbocycles. The summed E-state index contributed by atoms with van der Waals surface area (Å²) in [5, 5.41) is 6.00. The number of rotatable bonds is 4. The summed E-state index contributed by atoms with van der Waals surface area (Å²) in [5.41, 5.74) is -0.381. The van der Waals surface area contributed by atoms with Gasteiger partial charge in [0.1, 0.15) is 5.65 Å². The molecule has 1 unspecified atom stereocenters. The van der Waals surface area contributed by atoms with Gasteiger partial charge in [-0.15, -0.1) is 24.8 Å². The lowest BCUT2D eigenvalue weighted by Gasteiger charge is -2.12. The molecule has 10 heteroatoms. The molecular weight excluding hydrogens is 357 g/mol. The highest BCUT2D eigenvalue weighted by Crippen LogP contribution is 2.07. The largest absolute Gasteiger partial charge is 0.350 e. The van der Waals surface area contributed by atoms with Crippen LogP contribution in [0.15, 0.2) is 21.9 Å². The number of amides is 1. The third-order valence-corrected chi connectivity index (χ3v) is 3.62. The molecule has 0 saturated heterocycles. The van der Waals surface area contributed by atoms with E-state index in [1.807, 2.05) is 6.92 Å².